The number of hydrogen-bond acceptors (Lipinski definition) is 1. The van der Waals surface area contributed by atoms with Crippen LogP contribution in [0.2, 0.25) is 0 Å². The van der Waals surface area contributed by atoms with Crippen molar-refractivity contribution in [3.8, 4) is 17.9 Å². The lowest BCUT2D eigenvalue weighted by Gasteiger charge is -1.96. The number of benzene rings is 1. The van der Waals surface area contributed by atoms with Gasteiger partial charge in [0.25, 0.3) is 0 Å². The molecular weight excluding hydrogens is 182 g/mol. The van der Waals surface area contributed by atoms with Crippen molar-refractivity contribution < 1.29 is 0 Å². The molecule has 0 heterocycles. The smallest absolute Gasteiger partial charge is 0.0669 e. The van der Waals surface area contributed by atoms with E-state index in [1.54, 1.807) is 0 Å². The van der Waals surface area contributed by atoms with E-state index in [-0.39, 0.29) is 0 Å². The van der Waals surface area contributed by atoms with E-state index in [9.17, 15) is 0 Å². The lowest BCUT2D eigenvalue weighted by atomic mass is 10.1. The first kappa shape index (κ1) is 11.3. The predicted molar refractivity (Wildman–Crippen MR) is 62.1 cm³/mol. The number of nitrogens with zero attached hydrogens (tertiary/aromatic N) is 1. The minimum absolute atomic E-state index is 0.448. The maximum Gasteiger partial charge on any atom is 0.0669 e. The average Bonchev–Trinajstić information content (AvgIpc) is 2.28. The minimum atomic E-state index is 0.448. The van der Waals surface area contributed by atoms with E-state index in [0.717, 1.165) is 17.5 Å². The van der Waals surface area contributed by atoms with Gasteiger partial charge in [0.05, 0.1) is 12.5 Å². The summed E-state index contributed by atoms with van der Waals surface area (Å²) in [4.78, 5) is 0. The quantitative estimate of drug-likeness (QED) is 0.668. The highest BCUT2D eigenvalue weighted by Crippen LogP contribution is 2.04. The Kier molecular flexibility index (Phi) is 4.45. The van der Waals surface area contributed by atoms with Gasteiger partial charge in [0.1, 0.15) is 0 Å². The van der Waals surface area contributed by atoms with E-state index in [1.165, 1.54) is 0 Å². The summed E-state index contributed by atoms with van der Waals surface area (Å²) >= 11 is 0. The molecule has 0 radical (unpaired) electrons. The van der Waals surface area contributed by atoms with Crippen LogP contribution in [0.5, 0.6) is 0 Å². The second-order valence-corrected chi connectivity index (χ2v) is 3.61. The van der Waals surface area contributed by atoms with E-state index in [0.29, 0.717) is 12.3 Å². The highest BCUT2D eigenvalue weighted by molar-refractivity contribution is 5.37. The van der Waals surface area contributed by atoms with Crippen molar-refractivity contribution in [3.05, 3.63) is 35.4 Å². The zero-order valence-electron chi connectivity index (χ0n) is 9.25. The Bertz CT molecular complexity index is 398. The third-order valence-corrected chi connectivity index (χ3v) is 2.31. The van der Waals surface area contributed by atoms with Gasteiger partial charge in [0.15, 0.2) is 0 Å². The third kappa shape index (κ3) is 3.88. The van der Waals surface area contributed by atoms with E-state index in [1.807, 2.05) is 24.3 Å². The van der Waals surface area contributed by atoms with Crippen molar-refractivity contribution >= 4 is 0 Å². The summed E-state index contributed by atoms with van der Waals surface area (Å²) in [5, 5.41) is 8.52. The van der Waals surface area contributed by atoms with Crippen LogP contribution in [0.4, 0.5) is 0 Å². The lowest BCUT2D eigenvalue weighted by Crippen LogP contribution is -1.86. The fourth-order valence-electron chi connectivity index (χ4n) is 1.11. The molecular formula is C14H15N. The molecule has 0 N–H and O–H groups in total. The predicted octanol–water partition coefficient (Wildman–Crippen LogP) is 3.15. The molecule has 0 aliphatic rings. The van der Waals surface area contributed by atoms with Crippen molar-refractivity contribution in [3.63, 3.8) is 0 Å². The topological polar surface area (TPSA) is 23.8 Å². The molecule has 0 saturated carbocycles. The molecule has 0 amide bonds. The fraction of sp³-hybridized carbons (Fsp3) is 0.357. The highest BCUT2D eigenvalue weighted by Gasteiger charge is 1.92. The van der Waals surface area contributed by atoms with Crippen LogP contribution in [-0.2, 0) is 6.42 Å². The van der Waals surface area contributed by atoms with Crippen molar-refractivity contribution in [2.75, 3.05) is 0 Å². The van der Waals surface area contributed by atoms with Crippen molar-refractivity contribution in [1.29, 1.82) is 5.26 Å². The van der Waals surface area contributed by atoms with Crippen LogP contribution in [-0.4, -0.2) is 0 Å². The molecule has 1 aromatic rings. The van der Waals surface area contributed by atoms with Gasteiger partial charge >= 0.3 is 0 Å². The molecule has 0 bridgehead atoms. The van der Waals surface area contributed by atoms with Crippen molar-refractivity contribution in [1.82, 2.24) is 0 Å². The Labute approximate surface area is 91.7 Å². The minimum Gasteiger partial charge on any atom is -0.198 e. The zero-order chi connectivity index (χ0) is 11.1. The molecule has 1 unspecified atom stereocenters. The van der Waals surface area contributed by atoms with Crippen LogP contribution < -0.4 is 0 Å². The molecule has 1 rings (SSSR count). The number of nitriles is 1. The molecule has 1 aromatic carbocycles. The van der Waals surface area contributed by atoms with Gasteiger partial charge in [-0.1, -0.05) is 37.8 Å². The van der Waals surface area contributed by atoms with Gasteiger partial charge < -0.3 is 0 Å². The lowest BCUT2D eigenvalue weighted by molar-refractivity contribution is 0.723. The van der Waals surface area contributed by atoms with Crippen LogP contribution >= 0.6 is 0 Å². The maximum absolute atomic E-state index is 8.52. The van der Waals surface area contributed by atoms with Crippen LogP contribution in [0.15, 0.2) is 24.3 Å². The molecule has 1 heteroatoms. The SMILES string of the molecule is CCC(C)C#Cc1ccc(CC#N)cc1. The largest absolute Gasteiger partial charge is 0.198 e. The van der Waals surface area contributed by atoms with Crippen molar-refractivity contribution in [2.24, 2.45) is 5.92 Å². The molecule has 76 valence electrons. The summed E-state index contributed by atoms with van der Waals surface area (Å²) in [5.41, 5.74) is 2.07. The Morgan fingerprint density at radius 2 is 1.93 bits per heavy atom. The van der Waals surface area contributed by atoms with Crippen LogP contribution in [0, 0.1) is 29.1 Å². The third-order valence-electron chi connectivity index (χ3n) is 2.31. The first-order valence-electron chi connectivity index (χ1n) is 5.23. The molecule has 0 fully saturated rings. The highest BCUT2D eigenvalue weighted by atomic mass is 14.2. The second-order valence-electron chi connectivity index (χ2n) is 3.61. The summed E-state index contributed by atoms with van der Waals surface area (Å²) in [6, 6.07) is 10.00. The molecule has 0 saturated heterocycles. The average molecular weight is 197 g/mol. The maximum atomic E-state index is 8.52. The summed E-state index contributed by atoms with van der Waals surface area (Å²) in [6.45, 7) is 4.26. The Balaban J connectivity index is 2.71. The van der Waals surface area contributed by atoms with Crippen LogP contribution in [0.3, 0.4) is 0 Å². The van der Waals surface area contributed by atoms with E-state index in [2.05, 4.69) is 31.8 Å². The Morgan fingerprint density at radius 3 is 2.47 bits per heavy atom. The molecule has 0 aliphatic carbocycles. The first-order valence-corrected chi connectivity index (χ1v) is 5.23. The summed E-state index contributed by atoms with van der Waals surface area (Å²) in [6.07, 6.45) is 1.55. The normalized spacial score (nSPS) is 11.0. The van der Waals surface area contributed by atoms with Crippen LogP contribution in [0.1, 0.15) is 31.4 Å². The molecule has 0 aliphatic heterocycles. The van der Waals surface area contributed by atoms with E-state index in [4.69, 9.17) is 5.26 Å². The molecule has 1 nitrogen and oxygen atoms in total. The zero-order valence-corrected chi connectivity index (χ0v) is 9.25. The Hall–Kier alpha value is -1.73. The van der Waals surface area contributed by atoms with Crippen molar-refractivity contribution in [2.45, 2.75) is 26.7 Å². The molecule has 15 heavy (non-hydrogen) atoms. The Morgan fingerprint density at radius 1 is 1.27 bits per heavy atom. The summed E-state index contributed by atoms with van der Waals surface area (Å²) in [7, 11) is 0. The fourth-order valence-corrected chi connectivity index (χ4v) is 1.11. The summed E-state index contributed by atoms with van der Waals surface area (Å²) < 4.78 is 0. The first-order chi connectivity index (χ1) is 7.26. The van der Waals surface area contributed by atoms with Gasteiger partial charge in [0.2, 0.25) is 0 Å². The van der Waals surface area contributed by atoms with Crippen LogP contribution in [0.25, 0.3) is 0 Å². The van der Waals surface area contributed by atoms with Gasteiger partial charge in [-0.25, -0.2) is 0 Å². The number of hydrogen-bond donors (Lipinski definition) is 0. The second kappa shape index (κ2) is 5.89. The standard InChI is InChI=1S/C14H15N/c1-3-12(2)4-5-13-6-8-14(9-7-13)10-11-15/h6-9,12H,3,10H2,1-2H3. The van der Waals surface area contributed by atoms with Gasteiger partial charge in [-0.15, -0.1) is 0 Å². The van der Waals surface area contributed by atoms with Gasteiger partial charge in [-0.3, -0.25) is 0 Å². The van der Waals surface area contributed by atoms with E-state index >= 15 is 0 Å². The molecule has 1 atom stereocenters. The number of rotatable bonds is 2. The molecule has 0 aromatic heterocycles. The van der Waals surface area contributed by atoms with Gasteiger partial charge in [-0.05, 0) is 24.1 Å². The monoisotopic (exact) mass is 197 g/mol. The van der Waals surface area contributed by atoms with Gasteiger partial charge in [0, 0.05) is 11.5 Å². The molecule has 0 spiro atoms. The van der Waals surface area contributed by atoms with Gasteiger partial charge in [-0.2, -0.15) is 5.26 Å². The summed E-state index contributed by atoms with van der Waals surface area (Å²) in [5.74, 6) is 6.76. The van der Waals surface area contributed by atoms with E-state index < -0.39 is 0 Å².